The summed E-state index contributed by atoms with van der Waals surface area (Å²) >= 11 is 1.11. The Hall–Kier alpha value is -3.36. The number of rotatable bonds is 8. The van der Waals surface area contributed by atoms with Crippen molar-refractivity contribution in [2.45, 2.75) is 50.3 Å². The molecule has 2 aromatic carbocycles. The lowest BCUT2D eigenvalue weighted by Gasteiger charge is -2.23. The van der Waals surface area contributed by atoms with Crippen LogP contribution in [0.4, 0.5) is 24.5 Å². The minimum absolute atomic E-state index is 0.133. The second kappa shape index (κ2) is 11.4. The summed E-state index contributed by atoms with van der Waals surface area (Å²) in [4.78, 5) is 38.5. The molecular weight excluding hydrogens is 483 g/mol. The van der Waals surface area contributed by atoms with Crippen LogP contribution in [0.1, 0.15) is 44.7 Å². The minimum atomic E-state index is -4.78. The monoisotopic (exact) mass is 507 g/mol. The van der Waals surface area contributed by atoms with Crippen LogP contribution in [0.5, 0.6) is 0 Å². The largest absolute Gasteiger partial charge is 0.417 e. The predicted molar refractivity (Wildman–Crippen MR) is 126 cm³/mol. The van der Waals surface area contributed by atoms with Gasteiger partial charge in [0.1, 0.15) is 5.60 Å². The van der Waals surface area contributed by atoms with Crippen LogP contribution in [-0.2, 0) is 20.6 Å². The van der Waals surface area contributed by atoms with Crippen LogP contribution in [0.3, 0.4) is 0 Å². The van der Waals surface area contributed by atoms with Gasteiger partial charge in [-0.15, -0.1) is 11.8 Å². The number of nitrogens with one attached hydrogen (secondary N) is 1. The summed E-state index contributed by atoms with van der Waals surface area (Å²) in [6.45, 7) is 4.52. The van der Waals surface area contributed by atoms with Crippen molar-refractivity contribution in [1.29, 1.82) is 5.26 Å². The topological polar surface area (TPSA) is 110 Å². The molecule has 0 aliphatic rings. The molecule has 1 atom stereocenters. The number of carbonyl (C=O) groups is 3. The molecule has 186 valence electrons. The van der Waals surface area contributed by atoms with E-state index in [0.29, 0.717) is 16.6 Å². The van der Waals surface area contributed by atoms with E-state index in [-0.39, 0.29) is 36.1 Å². The molecule has 11 heteroatoms. The Kier molecular flexibility index (Phi) is 9.06. The molecule has 0 aliphatic heterocycles. The van der Waals surface area contributed by atoms with Crippen LogP contribution in [0.15, 0.2) is 47.4 Å². The third-order valence-corrected chi connectivity index (χ3v) is 6.22. The minimum Gasteiger partial charge on any atom is -0.379 e. The van der Waals surface area contributed by atoms with Crippen molar-refractivity contribution >= 4 is 40.9 Å². The van der Waals surface area contributed by atoms with Gasteiger partial charge >= 0.3 is 6.18 Å². The third-order valence-electron chi connectivity index (χ3n) is 4.91. The number of carbonyl (C=O) groups excluding carboxylic acids is 3. The molecule has 0 heterocycles. The highest BCUT2D eigenvalue weighted by atomic mass is 32.2. The zero-order valence-electron chi connectivity index (χ0n) is 19.3. The van der Waals surface area contributed by atoms with Gasteiger partial charge in [-0.3, -0.25) is 19.3 Å². The van der Waals surface area contributed by atoms with Crippen molar-refractivity contribution in [3.63, 3.8) is 0 Å². The summed E-state index contributed by atoms with van der Waals surface area (Å²) in [6, 6.07) is 10.6. The van der Waals surface area contributed by atoms with E-state index in [1.807, 2.05) is 0 Å². The lowest BCUT2D eigenvalue weighted by Crippen LogP contribution is -2.42. The van der Waals surface area contributed by atoms with E-state index in [0.717, 1.165) is 28.8 Å². The molecule has 3 amide bonds. The number of hydrogen-bond donors (Lipinski definition) is 2. The second-order valence-electron chi connectivity index (χ2n) is 7.71. The van der Waals surface area contributed by atoms with Gasteiger partial charge in [-0.25, -0.2) is 0 Å². The molecule has 35 heavy (non-hydrogen) atoms. The molecule has 2 aromatic rings. The van der Waals surface area contributed by atoms with Crippen molar-refractivity contribution in [2.24, 2.45) is 0 Å². The van der Waals surface area contributed by atoms with Gasteiger partial charge in [0.25, 0.3) is 5.91 Å². The van der Waals surface area contributed by atoms with E-state index >= 15 is 0 Å². The summed E-state index contributed by atoms with van der Waals surface area (Å²) in [5.41, 5.74) is -3.53. The first kappa shape index (κ1) is 27.9. The molecule has 0 aromatic heterocycles. The Morgan fingerprint density at radius 3 is 2.11 bits per heavy atom. The summed E-state index contributed by atoms with van der Waals surface area (Å²) < 4.78 is 39.4. The summed E-state index contributed by atoms with van der Waals surface area (Å²) in [7, 11) is 0. The molecule has 0 aliphatic carbocycles. The van der Waals surface area contributed by atoms with Gasteiger partial charge in [0.2, 0.25) is 11.8 Å². The van der Waals surface area contributed by atoms with Crippen LogP contribution in [0.25, 0.3) is 0 Å². The quantitative estimate of drug-likeness (QED) is 0.500. The van der Waals surface area contributed by atoms with Gasteiger partial charge in [0, 0.05) is 29.2 Å². The molecule has 2 rings (SSSR count). The molecule has 0 saturated heterocycles. The van der Waals surface area contributed by atoms with Gasteiger partial charge in [0.15, 0.2) is 0 Å². The van der Waals surface area contributed by atoms with Gasteiger partial charge in [-0.1, -0.05) is 13.8 Å². The standard InChI is InChI=1S/C24H24F3N3O4S/c1-4-20(31)30(21(32)5-2)17-8-10-18(11-9-17)35-14-23(3,34)22(33)29-16-7-6-15(13-28)19(12-16)24(25,26)27/h6-12,34H,4-5,14H2,1-3H3,(H,29,33). The Labute approximate surface area is 204 Å². The maximum absolute atomic E-state index is 13.1. The van der Waals surface area contributed by atoms with E-state index in [1.54, 1.807) is 38.1 Å². The van der Waals surface area contributed by atoms with Gasteiger partial charge in [-0.2, -0.15) is 18.4 Å². The molecule has 0 bridgehead atoms. The molecular formula is C24H24F3N3O4S. The fraction of sp³-hybridized carbons (Fsp3) is 0.333. The number of anilines is 2. The number of amides is 3. The Morgan fingerprint density at radius 1 is 1.06 bits per heavy atom. The maximum Gasteiger partial charge on any atom is 0.417 e. The first-order valence-corrected chi connectivity index (χ1v) is 11.6. The SMILES string of the molecule is CCC(=O)N(C(=O)CC)c1ccc(SCC(C)(O)C(=O)Nc2ccc(C#N)c(C(F)(F)F)c2)cc1. The maximum atomic E-state index is 13.1. The Balaban J connectivity index is 2.10. The van der Waals surface area contributed by atoms with Gasteiger partial charge in [-0.05, 0) is 49.4 Å². The molecule has 0 saturated carbocycles. The predicted octanol–water partition coefficient (Wildman–Crippen LogP) is 4.74. The van der Waals surface area contributed by atoms with Crippen molar-refractivity contribution in [1.82, 2.24) is 0 Å². The number of imide groups is 1. The van der Waals surface area contributed by atoms with E-state index < -0.39 is 28.8 Å². The Morgan fingerprint density at radius 2 is 1.63 bits per heavy atom. The summed E-state index contributed by atoms with van der Waals surface area (Å²) in [6.07, 6.45) is -4.47. The normalized spacial score (nSPS) is 12.9. The van der Waals surface area contributed by atoms with E-state index in [1.165, 1.54) is 13.0 Å². The average Bonchev–Trinajstić information content (AvgIpc) is 2.82. The summed E-state index contributed by atoms with van der Waals surface area (Å²) in [5.74, 6) is -1.74. The number of nitrogens with zero attached hydrogens (tertiary/aromatic N) is 2. The van der Waals surface area contributed by atoms with E-state index in [2.05, 4.69) is 5.32 Å². The molecule has 0 fully saturated rings. The fourth-order valence-electron chi connectivity index (χ4n) is 2.94. The molecule has 7 nitrogen and oxygen atoms in total. The fourth-order valence-corrected chi connectivity index (χ4v) is 3.85. The van der Waals surface area contributed by atoms with Gasteiger partial charge in [0.05, 0.1) is 22.9 Å². The number of halogens is 3. The second-order valence-corrected chi connectivity index (χ2v) is 8.76. The number of benzene rings is 2. The van der Waals surface area contributed by atoms with Crippen LogP contribution in [0, 0.1) is 11.3 Å². The van der Waals surface area contributed by atoms with Crippen LogP contribution in [0.2, 0.25) is 0 Å². The first-order chi connectivity index (χ1) is 16.3. The third kappa shape index (κ3) is 7.07. The number of alkyl halides is 3. The number of nitriles is 1. The zero-order valence-corrected chi connectivity index (χ0v) is 20.1. The van der Waals surface area contributed by atoms with Crippen molar-refractivity contribution < 1.29 is 32.7 Å². The smallest absolute Gasteiger partial charge is 0.379 e. The number of aliphatic hydroxyl groups is 1. The number of thioether (sulfide) groups is 1. The highest BCUT2D eigenvalue weighted by Gasteiger charge is 2.35. The lowest BCUT2D eigenvalue weighted by atomic mass is 10.1. The van der Waals surface area contributed by atoms with Gasteiger partial charge < -0.3 is 10.4 Å². The van der Waals surface area contributed by atoms with Crippen LogP contribution >= 0.6 is 11.8 Å². The van der Waals surface area contributed by atoms with E-state index in [4.69, 9.17) is 5.26 Å². The van der Waals surface area contributed by atoms with Crippen LogP contribution in [-0.4, -0.2) is 34.2 Å². The number of hydrogen-bond acceptors (Lipinski definition) is 6. The summed E-state index contributed by atoms with van der Waals surface area (Å²) in [5, 5.41) is 21.7. The first-order valence-electron chi connectivity index (χ1n) is 10.6. The lowest BCUT2D eigenvalue weighted by molar-refractivity contribution is -0.138. The zero-order chi connectivity index (χ0) is 26.4. The molecule has 1 unspecified atom stereocenters. The Bertz CT molecular complexity index is 1130. The van der Waals surface area contributed by atoms with Crippen LogP contribution < -0.4 is 10.2 Å². The molecule has 2 N–H and O–H groups in total. The van der Waals surface area contributed by atoms with Crippen molar-refractivity contribution in [3.05, 3.63) is 53.6 Å². The van der Waals surface area contributed by atoms with E-state index in [9.17, 15) is 32.7 Å². The molecule has 0 spiro atoms. The van der Waals surface area contributed by atoms with Crippen molar-refractivity contribution in [3.8, 4) is 6.07 Å². The highest BCUT2D eigenvalue weighted by molar-refractivity contribution is 7.99. The molecule has 0 radical (unpaired) electrons. The average molecular weight is 508 g/mol. The van der Waals surface area contributed by atoms with Crippen molar-refractivity contribution in [2.75, 3.05) is 16.0 Å². The highest BCUT2D eigenvalue weighted by Crippen LogP contribution is 2.34.